The molecule has 2 unspecified atom stereocenters. The summed E-state index contributed by atoms with van der Waals surface area (Å²) < 4.78 is 134. The Kier molecular flexibility index (Phi) is 4.50. The Morgan fingerprint density at radius 2 is 1.32 bits per heavy atom. The van der Waals surface area contributed by atoms with Crippen molar-refractivity contribution in [3.8, 4) is 0 Å². The minimum absolute atomic E-state index is 3.37. The van der Waals surface area contributed by atoms with Gasteiger partial charge >= 0.3 is 29.7 Å². The summed E-state index contributed by atoms with van der Waals surface area (Å²) in [6.07, 6.45) is -12.6. The highest BCUT2D eigenvalue weighted by atomic mass is 19.4. The first-order valence-corrected chi connectivity index (χ1v) is 4.07. The van der Waals surface area contributed by atoms with Gasteiger partial charge in [-0.3, -0.25) is 4.79 Å². The summed E-state index contributed by atoms with van der Waals surface area (Å²) in [6, 6.07) is -4.19. The monoisotopic (exact) mass is 312 g/mol. The van der Waals surface area contributed by atoms with Gasteiger partial charge in [0.2, 0.25) is 6.17 Å². The lowest BCUT2D eigenvalue weighted by Crippen LogP contribution is -2.65. The summed E-state index contributed by atoms with van der Waals surface area (Å²) in [4.78, 5) is 9.86. The second kappa shape index (κ2) is 4.78. The second-order valence-corrected chi connectivity index (χ2v) is 3.31. The SMILES string of the molecule is O=C(F)C(F)(C(F)C(F)(F)C(F)(F)F)C(F)(F)CF. The first-order valence-electron chi connectivity index (χ1n) is 4.07. The minimum atomic E-state index is -6.90. The van der Waals surface area contributed by atoms with Crippen LogP contribution in [0.15, 0.2) is 0 Å². The Morgan fingerprint density at radius 3 is 1.53 bits per heavy atom. The number of rotatable bonds is 5. The van der Waals surface area contributed by atoms with Gasteiger partial charge in [-0.15, -0.1) is 0 Å². The van der Waals surface area contributed by atoms with Crippen LogP contribution in [0.25, 0.3) is 0 Å². The lowest BCUT2D eigenvalue weighted by Gasteiger charge is -2.34. The van der Waals surface area contributed by atoms with Crippen LogP contribution in [-0.4, -0.2) is 42.6 Å². The first-order chi connectivity index (χ1) is 8.16. The zero-order valence-electron chi connectivity index (χ0n) is 8.35. The molecule has 0 aliphatic rings. The van der Waals surface area contributed by atoms with Crippen LogP contribution in [-0.2, 0) is 4.79 Å². The van der Waals surface area contributed by atoms with Gasteiger partial charge in [0.25, 0.3) is 0 Å². The molecular formula is C7H3F11O. The van der Waals surface area contributed by atoms with Crippen molar-refractivity contribution in [1.29, 1.82) is 0 Å². The number of hydrogen-bond acceptors (Lipinski definition) is 1. The molecule has 19 heavy (non-hydrogen) atoms. The zero-order chi connectivity index (χ0) is 15.9. The van der Waals surface area contributed by atoms with Crippen LogP contribution in [0.4, 0.5) is 48.3 Å². The number of halogens is 11. The number of carbonyl (C=O) groups is 1. The largest absolute Gasteiger partial charge is 0.456 e. The highest BCUT2D eigenvalue weighted by molar-refractivity contribution is 5.81. The minimum Gasteiger partial charge on any atom is -0.257 e. The van der Waals surface area contributed by atoms with Gasteiger partial charge in [0.05, 0.1) is 0 Å². The van der Waals surface area contributed by atoms with Gasteiger partial charge in [0.15, 0.2) is 6.67 Å². The Morgan fingerprint density at radius 1 is 0.947 bits per heavy atom. The molecule has 0 aromatic heterocycles. The normalized spacial score (nSPS) is 18.9. The number of carbonyl (C=O) groups excluding carboxylic acids is 1. The maximum Gasteiger partial charge on any atom is 0.456 e. The van der Waals surface area contributed by atoms with Crippen LogP contribution in [0, 0.1) is 0 Å². The van der Waals surface area contributed by atoms with Crippen LogP contribution in [0.2, 0.25) is 0 Å². The average Bonchev–Trinajstić information content (AvgIpc) is 2.24. The maximum absolute atomic E-state index is 13.0. The average molecular weight is 312 g/mol. The fourth-order valence-electron chi connectivity index (χ4n) is 0.920. The fourth-order valence-corrected chi connectivity index (χ4v) is 0.920. The summed E-state index contributed by atoms with van der Waals surface area (Å²) in [5.41, 5.74) is -6.30. The molecule has 0 aliphatic heterocycles. The van der Waals surface area contributed by atoms with Gasteiger partial charge in [-0.25, -0.2) is 13.2 Å². The molecule has 2 atom stereocenters. The molecule has 0 spiro atoms. The smallest absolute Gasteiger partial charge is 0.257 e. The van der Waals surface area contributed by atoms with Gasteiger partial charge in [-0.1, -0.05) is 0 Å². The fraction of sp³-hybridized carbons (Fsp3) is 0.857. The molecule has 0 aromatic rings. The Labute approximate surface area is 96.9 Å². The van der Waals surface area contributed by atoms with Gasteiger partial charge in [-0.05, 0) is 0 Å². The molecule has 0 N–H and O–H groups in total. The van der Waals surface area contributed by atoms with Crippen molar-refractivity contribution in [3.05, 3.63) is 0 Å². The van der Waals surface area contributed by atoms with E-state index in [4.69, 9.17) is 0 Å². The van der Waals surface area contributed by atoms with E-state index >= 15 is 0 Å². The Bertz CT molecular complexity index is 347. The lowest BCUT2D eigenvalue weighted by molar-refractivity contribution is -0.328. The lowest BCUT2D eigenvalue weighted by atomic mass is 9.89. The first kappa shape index (κ1) is 17.9. The van der Waals surface area contributed by atoms with Crippen molar-refractivity contribution < 1.29 is 53.1 Å². The van der Waals surface area contributed by atoms with E-state index < -0.39 is 42.6 Å². The zero-order valence-corrected chi connectivity index (χ0v) is 8.35. The molecule has 0 saturated heterocycles. The van der Waals surface area contributed by atoms with E-state index in [0.717, 1.165) is 0 Å². The molecular weight excluding hydrogens is 309 g/mol. The molecule has 0 fully saturated rings. The van der Waals surface area contributed by atoms with Crippen molar-refractivity contribution >= 4 is 6.04 Å². The van der Waals surface area contributed by atoms with Crippen LogP contribution in [0.5, 0.6) is 0 Å². The van der Waals surface area contributed by atoms with E-state index in [1.54, 1.807) is 0 Å². The van der Waals surface area contributed by atoms with E-state index in [1.165, 1.54) is 0 Å². The van der Waals surface area contributed by atoms with E-state index in [9.17, 15) is 53.1 Å². The van der Waals surface area contributed by atoms with Crippen LogP contribution >= 0.6 is 0 Å². The molecule has 0 bridgehead atoms. The number of alkyl halides is 10. The summed E-state index contributed by atoms with van der Waals surface area (Å²) >= 11 is 0. The standard InChI is InChI=1S/C7H3F11O/c8-1-4(11,12)5(13,3(10)19)2(9)6(14,15)7(16,17)18/h2H,1H2. The molecule has 0 amide bonds. The summed E-state index contributed by atoms with van der Waals surface area (Å²) in [6.45, 7) is -3.37. The molecule has 12 heteroatoms. The van der Waals surface area contributed by atoms with Crippen LogP contribution in [0.3, 0.4) is 0 Å². The maximum atomic E-state index is 13.0. The molecule has 0 radical (unpaired) electrons. The third-order valence-corrected chi connectivity index (χ3v) is 2.03. The molecule has 1 nitrogen and oxygen atoms in total. The highest BCUT2D eigenvalue weighted by Crippen LogP contribution is 2.49. The van der Waals surface area contributed by atoms with Crippen molar-refractivity contribution in [2.24, 2.45) is 0 Å². The van der Waals surface area contributed by atoms with Crippen LogP contribution in [0.1, 0.15) is 0 Å². The third kappa shape index (κ3) is 2.61. The van der Waals surface area contributed by atoms with Crippen molar-refractivity contribution in [2.45, 2.75) is 29.9 Å². The summed E-state index contributed by atoms with van der Waals surface area (Å²) in [7, 11) is 0. The van der Waals surface area contributed by atoms with Crippen LogP contribution < -0.4 is 0 Å². The van der Waals surface area contributed by atoms with Crippen molar-refractivity contribution in [2.75, 3.05) is 6.67 Å². The number of hydrogen-bond donors (Lipinski definition) is 0. The molecule has 0 heterocycles. The van der Waals surface area contributed by atoms with Crippen molar-refractivity contribution in [1.82, 2.24) is 0 Å². The van der Waals surface area contributed by atoms with E-state index in [1.807, 2.05) is 0 Å². The van der Waals surface area contributed by atoms with Gasteiger partial charge in [-0.2, -0.15) is 35.1 Å². The Balaban J connectivity index is 5.90. The predicted molar refractivity (Wildman–Crippen MR) is 36.8 cm³/mol. The van der Waals surface area contributed by atoms with E-state index in [2.05, 4.69) is 0 Å². The van der Waals surface area contributed by atoms with Gasteiger partial charge < -0.3 is 0 Å². The quantitative estimate of drug-likeness (QED) is 0.562. The molecule has 0 aromatic carbocycles. The summed E-state index contributed by atoms with van der Waals surface area (Å²) in [5.74, 6) is -12.9. The van der Waals surface area contributed by atoms with E-state index in [-0.39, 0.29) is 0 Å². The summed E-state index contributed by atoms with van der Waals surface area (Å²) in [5, 5.41) is 0. The third-order valence-electron chi connectivity index (χ3n) is 2.03. The predicted octanol–water partition coefficient (Wildman–Crippen LogP) is 3.33. The highest BCUT2D eigenvalue weighted by Gasteiger charge is 2.78. The molecule has 0 aliphatic carbocycles. The molecule has 114 valence electrons. The molecule has 0 saturated carbocycles. The Hall–Kier alpha value is -1.10. The van der Waals surface area contributed by atoms with Gasteiger partial charge in [0.1, 0.15) is 0 Å². The topological polar surface area (TPSA) is 17.1 Å². The molecule has 0 rings (SSSR count). The van der Waals surface area contributed by atoms with E-state index in [0.29, 0.717) is 0 Å². The second-order valence-electron chi connectivity index (χ2n) is 3.31. The van der Waals surface area contributed by atoms with Crippen molar-refractivity contribution in [3.63, 3.8) is 0 Å². The van der Waals surface area contributed by atoms with Gasteiger partial charge in [0, 0.05) is 0 Å².